The first-order valence-electron chi connectivity index (χ1n) is 13.3. The summed E-state index contributed by atoms with van der Waals surface area (Å²) < 4.78 is 4.73. The third-order valence-electron chi connectivity index (χ3n) is 7.04. The molecule has 4 heterocycles. The number of aromatic nitrogens is 7. The molecule has 206 valence electrons. The molecule has 11 nitrogen and oxygen atoms in total. The number of hydrogen-bond acceptors (Lipinski definition) is 7. The van der Waals surface area contributed by atoms with Crippen LogP contribution in [0.2, 0.25) is 0 Å². The number of para-hydroxylation sites is 1. The molecular formula is C30H29N9O2. The molecule has 1 atom stereocenters. The molecule has 0 bridgehead atoms. The molecule has 0 saturated heterocycles. The number of anilines is 1. The number of benzene rings is 2. The van der Waals surface area contributed by atoms with Crippen molar-refractivity contribution in [2.75, 3.05) is 5.73 Å². The predicted molar refractivity (Wildman–Crippen MR) is 157 cm³/mol. The van der Waals surface area contributed by atoms with Crippen molar-refractivity contribution in [1.29, 1.82) is 0 Å². The average molecular weight is 548 g/mol. The van der Waals surface area contributed by atoms with E-state index in [1.807, 2.05) is 75.6 Å². The number of fused-ring (bicyclic) bond motifs is 2. The van der Waals surface area contributed by atoms with E-state index in [2.05, 4.69) is 20.5 Å². The average Bonchev–Trinajstić information content (AvgIpc) is 3.54. The molecule has 41 heavy (non-hydrogen) atoms. The number of carbonyl (C=O) groups excluding carboxylic acids is 1. The Kier molecular flexibility index (Phi) is 6.33. The molecule has 0 saturated carbocycles. The second-order valence-corrected chi connectivity index (χ2v) is 10.3. The molecule has 0 fully saturated rings. The molecule has 0 aliphatic rings. The van der Waals surface area contributed by atoms with Gasteiger partial charge in [0.25, 0.3) is 11.5 Å². The highest BCUT2D eigenvalue weighted by Crippen LogP contribution is 2.28. The summed E-state index contributed by atoms with van der Waals surface area (Å²) in [5.74, 6) is 0.133. The van der Waals surface area contributed by atoms with Gasteiger partial charge in [0, 0.05) is 30.7 Å². The molecule has 0 radical (unpaired) electrons. The van der Waals surface area contributed by atoms with Crippen LogP contribution in [0.25, 0.3) is 33.4 Å². The van der Waals surface area contributed by atoms with Crippen molar-refractivity contribution < 1.29 is 4.79 Å². The number of amides is 1. The van der Waals surface area contributed by atoms with Crippen molar-refractivity contribution in [2.45, 2.75) is 32.7 Å². The Hall–Kier alpha value is -5.32. The predicted octanol–water partition coefficient (Wildman–Crippen LogP) is 4.03. The molecule has 0 unspecified atom stereocenters. The summed E-state index contributed by atoms with van der Waals surface area (Å²) >= 11 is 0. The summed E-state index contributed by atoms with van der Waals surface area (Å²) in [6.45, 7) is 5.83. The van der Waals surface area contributed by atoms with Crippen molar-refractivity contribution in [2.24, 2.45) is 7.05 Å². The highest BCUT2D eigenvalue weighted by Gasteiger charge is 2.25. The Morgan fingerprint density at radius 3 is 2.49 bits per heavy atom. The Bertz CT molecular complexity index is 1990. The van der Waals surface area contributed by atoms with E-state index in [0.29, 0.717) is 28.1 Å². The lowest BCUT2D eigenvalue weighted by Gasteiger charge is -2.20. The van der Waals surface area contributed by atoms with E-state index in [-0.39, 0.29) is 22.9 Å². The van der Waals surface area contributed by atoms with Crippen LogP contribution < -0.4 is 16.6 Å². The molecule has 2 aromatic carbocycles. The van der Waals surface area contributed by atoms with Crippen LogP contribution in [0, 0.1) is 0 Å². The maximum Gasteiger partial charge on any atom is 0.266 e. The normalized spacial score (nSPS) is 12.3. The monoisotopic (exact) mass is 547 g/mol. The first-order chi connectivity index (χ1) is 19.7. The van der Waals surface area contributed by atoms with Gasteiger partial charge in [-0.2, -0.15) is 5.10 Å². The molecule has 0 aliphatic carbocycles. The van der Waals surface area contributed by atoms with Crippen molar-refractivity contribution in [3.8, 4) is 16.8 Å². The number of hydrogen-bond donors (Lipinski definition) is 2. The molecule has 0 aliphatic heterocycles. The van der Waals surface area contributed by atoms with Gasteiger partial charge in [0.1, 0.15) is 11.4 Å². The van der Waals surface area contributed by atoms with E-state index in [9.17, 15) is 9.59 Å². The Labute approximate surface area is 235 Å². The number of rotatable bonds is 6. The molecule has 4 aromatic heterocycles. The van der Waals surface area contributed by atoms with E-state index >= 15 is 0 Å². The van der Waals surface area contributed by atoms with Crippen molar-refractivity contribution in [3.63, 3.8) is 0 Å². The van der Waals surface area contributed by atoms with Gasteiger partial charge in [-0.15, -0.1) is 5.10 Å². The zero-order valence-corrected chi connectivity index (χ0v) is 23.1. The van der Waals surface area contributed by atoms with Gasteiger partial charge < -0.3 is 11.1 Å². The Morgan fingerprint density at radius 1 is 1.00 bits per heavy atom. The molecule has 0 spiro atoms. The van der Waals surface area contributed by atoms with Crippen LogP contribution in [0.5, 0.6) is 0 Å². The quantitative estimate of drug-likeness (QED) is 0.321. The summed E-state index contributed by atoms with van der Waals surface area (Å²) in [4.78, 5) is 37.4. The van der Waals surface area contributed by atoms with E-state index in [0.717, 1.165) is 16.8 Å². The van der Waals surface area contributed by atoms with E-state index in [4.69, 9.17) is 10.7 Å². The largest absolute Gasteiger partial charge is 0.381 e. The van der Waals surface area contributed by atoms with Crippen LogP contribution in [0.4, 0.5) is 5.82 Å². The third-order valence-corrected chi connectivity index (χ3v) is 7.04. The fourth-order valence-corrected chi connectivity index (χ4v) is 5.00. The maximum atomic E-state index is 14.2. The van der Waals surface area contributed by atoms with Crippen molar-refractivity contribution in [3.05, 3.63) is 101 Å². The third kappa shape index (κ3) is 4.50. The Morgan fingerprint density at radius 2 is 1.78 bits per heavy atom. The van der Waals surface area contributed by atoms with E-state index in [1.165, 1.54) is 4.52 Å². The van der Waals surface area contributed by atoms with Gasteiger partial charge in [0.05, 0.1) is 28.8 Å². The van der Waals surface area contributed by atoms with Gasteiger partial charge in [-0.25, -0.2) is 14.5 Å². The van der Waals surface area contributed by atoms with Gasteiger partial charge in [-0.1, -0.05) is 44.2 Å². The topological polar surface area (TPSA) is 138 Å². The van der Waals surface area contributed by atoms with Gasteiger partial charge in [0.2, 0.25) is 0 Å². The smallest absolute Gasteiger partial charge is 0.266 e. The molecular weight excluding hydrogens is 518 g/mol. The summed E-state index contributed by atoms with van der Waals surface area (Å²) in [5.41, 5.74) is 9.96. The summed E-state index contributed by atoms with van der Waals surface area (Å²) in [6, 6.07) is 16.0. The van der Waals surface area contributed by atoms with Gasteiger partial charge >= 0.3 is 0 Å². The van der Waals surface area contributed by atoms with E-state index in [1.54, 1.807) is 34.6 Å². The zero-order valence-electron chi connectivity index (χ0n) is 23.1. The van der Waals surface area contributed by atoms with Gasteiger partial charge in [0.15, 0.2) is 11.5 Å². The summed E-state index contributed by atoms with van der Waals surface area (Å²) in [7, 11) is 1.83. The van der Waals surface area contributed by atoms with Gasteiger partial charge in [-0.3, -0.25) is 18.8 Å². The molecule has 3 N–H and O–H groups in total. The standard InChI is InChI=1S/C30H29N9O2/c1-17(2)22-13-14-38-28(34-22)25(26(31)36-38)29(40)33-18(3)27-35-23-12-8-11-21(19-15-32-37(4)16-19)24(23)30(41)39(27)20-9-6-5-7-10-20/h5-18H,1-4H3,(H2,31,36)(H,33,40)/t18-/m1/s1. The minimum atomic E-state index is -0.676. The summed E-state index contributed by atoms with van der Waals surface area (Å²) in [6.07, 6.45) is 5.32. The van der Waals surface area contributed by atoms with Crippen LogP contribution in [0.1, 0.15) is 54.6 Å². The van der Waals surface area contributed by atoms with Crippen LogP contribution in [-0.2, 0) is 7.05 Å². The van der Waals surface area contributed by atoms with Crippen LogP contribution >= 0.6 is 0 Å². The fraction of sp³-hybridized carbons (Fsp3) is 0.200. The lowest BCUT2D eigenvalue weighted by molar-refractivity contribution is 0.0940. The number of nitrogen functional groups attached to an aromatic ring is 1. The SMILES string of the molecule is CC(C)c1ccn2nc(N)c(C(=O)N[C@H](C)c3nc4cccc(-c5cnn(C)c5)c4c(=O)n3-c3ccccc3)c2n1. The molecule has 11 heteroatoms. The molecule has 6 rings (SSSR count). The molecule has 6 aromatic rings. The first kappa shape index (κ1) is 25.9. The lowest BCUT2D eigenvalue weighted by atomic mass is 10.0. The van der Waals surface area contributed by atoms with Crippen LogP contribution in [-0.4, -0.2) is 39.8 Å². The van der Waals surface area contributed by atoms with E-state index < -0.39 is 11.9 Å². The number of nitrogens with two attached hydrogens (primary N) is 1. The minimum absolute atomic E-state index is 0.0659. The summed E-state index contributed by atoms with van der Waals surface area (Å²) in [5, 5.41) is 12.0. The zero-order chi connectivity index (χ0) is 28.8. The van der Waals surface area contributed by atoms with Gasteiger partial charge in [-0.05, 0) is 42.7 Å². The first-order valence-corrected chi connectivity index (χ1v) is 13.3. The fourth-order valence-electron chi connectivity index (χ4n) is 5.00. The van der Waals surface area contributed by atoms with Crippen molar-refractivity contribution in [1.82, 2.24) is 39.2 Å². The maximum absolute atomic E-state index is 14.2. The number of carbonyl (C=O) groups is 1. The second-order valence-electron chi connectivity index (χ2n) is 10.3. The minimum Gasteiger partial charge on any atom is -0.381 e. The highest BCUT2D eigenvalue weighted by molar-refractivity contribution is 6.04. The number of nitrogens with one attached hydrogen (secondary N) is 1. The number of aryl methyl sites for hydroxylation is 1. The Balaban J connectivity index is 1.49. The van der Waals surface area contributed by atoms with Crippen molar-refractivity contribution >= 4 is 28.3 Å². The van der Waals surface area contributed by atoms with Crippen LogP contribution in [0.3, 0.4) is 0 Å². The molecule has 1 amide bonds. The number of nitrogens with zero attached hydrogens (tertiary/aromatic N) is 7. The second kappa shape index (κ2) is 10.0. The highest BCUT2D eigenvalue weighted by atomic mass is 16.2. The van der Waals surface area contributed by atoms with Crippen LogP contribution in [0.15, 0.2) is 78.0 Å². The lowest BCUT2D eigenvalue weighted by Crippen LogP contribution is -2.33.